The van der Waals surface area contributed by atoms with Crippen LogP contribution in [-0.4, -0.2) is 43.8 Å². The van der Waals surface area contributed by atoms with Crippen molar-refractivity contribution in [1.82, 2.24) is 0 Å². The lowest BCUT2D eigenvalue weighted by Gasteiger charge is -2.35. The van der Waals surface area contributed by atoms with Crippen molar-refractivity contribution in [2.75, 3.05) is 31.8 Å². The summed E-state index contributed by atoms with van der Waals surface area (Å²) >= 11 is 0. The molecular formula is C13H13N3O5. The number of ether oxygens (including phenoxy) is 2. The van der Waals surface area contributed by atoms with Gasteiger partial charge in [-0.2, -0.15) is 5.26 Å². The number of carbonyl (C=O) groups is 1. The van der Waals surface area contributed by atoms with E-state index in [1.54, 1.807) is 4.90 Å². The molecule has 2 rings (SSSR count). The highest BCUT2D eigenvalue weighted by molar-refractivity contribution is 5.82. The van der Waals surface area contributed by atoms with Crippen LogP contribution in [0, 0.1) is 21.4 Å². The van der Waals surface area contributed by atoms with Crippen LogP contribution in [0.3, 0.4) is 0 Å². The minimum absolute atomic E-state index is 0.0839. The topological polar surface area (TPSA) is 106 Å². The van der Waals surface area contributed by atoms with Gasteiger partial charge in [-0.05, 0) is 12.1 Å². The second-order valence-electron chi connectivity index (χ2n) is 4.38. The number of hydrogen-bond donors (Lipinski definition) is 0. The standard InChI is InChI=1S/C13H13N3O5/c1-20-13(17)12-8-21-5-4-15(12)11-6-9(7-14)2-3-10(11)16(18)19/h2-3,6,12H,4-5,8H2,1H3. The molecule has 8 heteroatoms. The van der Waals surface area contributed by atoms with Crippen molar-refractivity contribution in [3.8, 4) is 6.07 Å². The average molecular weight is 291 g/mol. The minimum atomic E-state index is -0.767. The van der Waals surface area contributed by atoms with Gasteiger partial charge >= 0.3 is 5.97 Å². The van der Waals surface area contributed by atoms with Crippen molar-refractivity contribution >= 4 is 17.3 Å². The number of nitrogens with zero attached hydrogens (tertiary/aromatic N) is 3. The molecule has 0 aromatic heterocycles. The number of carbonyl (C=O) groups excluding carboxylic acids is 1. The first-order valence-electron chi connectivity index (χ1n) is 6.19. The van der Waals surface area contributed by atoms with Crippen LogP contribution >= 0.6 is 0 Å². The van der Waals surface area contributed by atoms with Gasteiger partial charge in [0.1, 0.15) is 5.69 Å². The molecule has 1 aromatic rings. The average Bonchev–Trinajstić information content (AvgIpc) is 2.53. The summed E-state index contributed by atoms with van der Waals surface area (Å²) in [6.07, 6.45) is 0. The predicted molar refractivity (Wildman–Crippen MR) is 71.8 cm³/mol. The third-order valence-electron chi connectivity index (χ3n) is 3.21. The highest BCUT2D eigenvalue weighted by atomic mass is 16.6. The van der Waals surface area contributed by atoms with Crippen molar-refractivity contribution < 1.29 is 19.2 Å². The summed E-state index contributed by atoms with van der Waals surface area (Å²) in [5, 5.41) is 20.1. The van der Waals surface area contributed by atoms with Crippen molar-refractivity contribution in [2.24, 2.45) is 0 Å². The Balaban J connectivity index is 2.48. The molecule has 8 nitrogen and oxygen atoms in total. The maximum absolute atomic E-state index is 11.8. The van der Waals surface area contributed by atoms with E-state index >= 15 is 0 Å². The molecule has 1 heterocycles. The molecule has 0 bridgehead atoms. The number of methoxy groups -OCH3 is 1. The first-order chi connectivity index (χ1) is 10.1. The SMILES string of the molecule is COC(=O)C1COCCN1c1cc(C#N)ccc1[N+](=O)[O-]. The minimum Gasteiger partial charge on any atom is -0.467 e. The summed E-state index contributed by atoms with van der Waals surface area (Å²) in [5.41, 5.74) is 0.341. The summed E-state index contributed by atoms with van der Waals surface area (Å²) in [6, 6.07) is 5.20. The number of nitriles is 1. The first-order valence-corrected chi connectivity index (χ1v) is 6.19. The van der Waals surface area contributed by atoms with Crippen LogP contribution in [0.4, 0.5) is 11.4 Å². The first kappa shape index (κ1) is 14.7. The lowest BCUT2D eigenvalue weighted by atomic mass is 10.1. The molecule has 0 saturated carbocycles. The lowest BCUT2D eigenvalue weighted by Crippen LogP contribution is -2.50. The third-order valence-corrected chi connectivity index (χ3v) is 3.21. The second kappa shape index (κ2) is 6.19. The fourth-order valence-corrected chi connectivity index (χ4v) is 2.20. The Hall–Kier alpha value is -2.66. The molecule has 1 atom stereocenters. The highest BCUT2D eigenvalue weighted by Crippen LogP contribution is 2.31. The predicted octanol–water partition coefficient (Wildman–Crippen LogP) is 0.845. The number of benzene rings is 1. The van der Waals surface area contributed by atoms with Gasteiger partial charge in [0.05, 0.1) is 36.9 Å². The highest BCUT2D eigenvalue weighted by Gasteiger charge is 2.34. The van der Waals surface area contributed by atoms with Gasteiger partial charge < -0.3 is 14.4 Å². The maximum atomic E-state index is 11.8. The molecule has 1 aliphatic rings. The van der Waals surface area contributed by atoms with Crippen LogP contribution in [0.25, 0.3) is 0 Å². The molecule has 1 aromatic carbocycles. The largest absolute Gasteiger partial charge is 0.467 e. The molecule has 0 N–H and O–H groups in total. The van der Waals surface area contributed by atoms with Crippen molar-refractivity contribution in [2.45, 2.75) is 6.04 Å². The van der Waals surface area contributed by atoms with Gasteiger partial charge in [-0.25, -0.2) is 4.79 Å². The number of esters is 1. The van der Waals surface area contributed by atoms with Crippen molar-refractivity contribution in [3.05, 3.63) is 33.9 Å². The van der Waals surface area contributed by atoms with Crippen molar-refractivity contribution in [1.29, 1.82) is 5.26 Å². The number of hydrogen-bond acceptors (Lipinski definition) is 7. The molecule has 0 amide bonds. The molecule has 0 spiro atoms. The van der Waals surface area contributed by atoms with Crippen LogP contribution in [0.1, 0.15) is 5.56 Å². The number of nitro benzene ring substituents is 1. The van der Waals surface area contributed by atoms with E-state index in [2.05, 4.69) is 0 Å². The molecular weight excluding hydrogens is 278 g/mol. The molecule has 1 fully saturated rings. The van der Waals surface area contributed by atoms with Gasteiger partial charge in [0.25, 0.3) is 5.69 Å². The van der Waals surface area contributed by atoms with E-state index in [1.807, 2.05) is 6.07 Å². The molecule has 0 aliphatic carbocycles. The fourth-order valence-electron chi connectivity index (χ4n) is 2.20. The number of rotatable bonds is 3. The smallest absolute Gasteiger partial charge is 0.330 e. The lowest BCUT2D eigenvalue weighted by molar-refractivity contribution is -0.384. The normalized spacial score (nSPS) is 17.9. The Kier molecular flexibility index (Phi) is 4.35. The van der Waals surface area contributed by atoms with Gasteiger partial charge in [0.15, 0.2) is 6.04 Å². The zero-order valence-electron chi connectivity index (χ0n) is 11.3. The van der Waals surface area contributed by atoms with E-state index in [-0.39, 0.29) is 23.5 Å². The zero-order valence-corrected chi connectivity index (χ0v) is 11.3. The van der Waals surface area contributed by atoms with Gasteiger partial charge in [0, 0.05) is 12.6 Å². The van der Waals surface area contributed by atoms with Crippen LogP contribution in [0.15, 0.2) is 18.2 Å². The van der Waals surface area contributed by atoms with E-state index < -0.39 is 16.9 Å². The quantitative estimate of drug-likeness (QED) is 0.461. The fraction of sp³-hybridized carbons (Fsp3) is 0.385. The Morgan fingerprint density at radius 2 is 2.38 bits per heavy atom. The summed E-state index contributed by atoms with van der Waals surface area (Å²) in [5.74, 6) is -0.536. The zero-order chi connectivity index (χ0) is 15.4. The Morgan fingerprint density at radius 1 is 1.62 bits per heavy atom. The summed E-state index contributed by atoms with van der Waals surface area (Å²) in [6.45, 7) is 0.720. The van der Waals surface area contributed by atoms with Crippen molar-refractivity contribution in [3.63, 3.8) is 0 Å². The maximum Gasteiger partial charge on any atom is 0.330 e. The molecule has 1 aliphatic heterocycles. The molecule has 110 valence electrons. The number of nitro groups is 1. The van der Waals surface area contributed by atoms with Crippen LogP contribution < -0.4 is 4.90 Å². The third kappa shape index (κ3) is 2.93. The molecule has 1 saturated heterocycles. The Labute approximate surface area is 120 Å². The monoisotopic (exact) mass is 291 g/mol. The van der Waals surface area contributed by atoms with E-state index in [4.69, 9.17) is 14.7 Å². The summed E-state index contributed by atoms with van der Waals surface area (Å²) < 4.78 is 9.94. The van der Waals surface area contributed by atoms with Gasteiger partial charge in [-0.15, -0.1) is 0 Å². The van der Waals surface area contributed by atoms with E-state index in [9.17, 15) is 14.9 Å². The second-order valence-corrected chi connectivity index (χ2v) is 4.38. The summed E-state index contributed by atoms with van der Waals surface area (Å²) in [4.78, 5) is 24.0. The van der Waals surface area contributed by atoms with Crippen LogP contribution in [0.5, 0.6) is 0 Å². The van der Waals surface area contributed by atoms with E-state index in [0.717, 1.165) is 0 Å². The Bertz CT molecular complexity index is 610. The molecule has 21 heavy (non-hydrogen) atoms. The molecule has 1 unspecified atom stereocenters. The van der Waals surface area contributed by atoms with Crippen LogP contribution in [0.2, 0.25) is 0 Å². The number of anilines is 1. The van der Waals surface area contributed by atoms with Gasteiger partial charge in [-0.1, -0.05) is 0 Å². The van der Waals surface area contributed by atoms with E-state index in [0.29, 0.717) is 13.2 Å². The van der Waals surface area contributed by atoms with E-state index in [1.165, 1.54) is 25.3 Å². The number of morpholine rings is 1. The molecule has 0 radical (unpaired) electrons. The summed E-state index contributed by atoms with van der Waals surface area (Å²) in [7, 11) is 1.25. The Morgan fingerprint density at radius 3 is 3.00 bits per heavy atom. The van der Waals surface area contributed by atoms with Gasteiger partial charge in [-0.3, -0.25) is 10.1 Å². The van der Waals surface area contributed by atoms with Crippen LogP contribution in [-0.2, 0) is 14.3 Å². The van der Waals surface area contributed by atoms with Gasteiger partial charge in [0.2, 0.25) is 0 Å².